The molecule has 1 aliphatic heterocycles. The lowest BCUT2D eigenvalue weighted by Gasteiger charge is -2.12. The molecule has 0 spiro atoms. The van der Waals surface area contributed by atoms with Crippen molar-refractivity contribution in [2.45, 2.75) is 12.8 Å². The van der Waals surface area contributed by atoms with Crippen LogP contribution in [0.5, 0.6) is 0 Å². The van der Waals surface area contributed by atoms with E-state index in [0.29, 0.717) is 19.6 Å². The summed E-state index contributed by atoms with van der Waals surface area (Å²) in [7, 11) is 1.66. The number of amides is 1. The molecule has 0 saturated heterocycles. The Kier molecular flexibility index (Phi) is 6.53. The summed E-state index contributed by atoms with van der Waals surface area (Å²) >= 11 is 0. The van der Waals surface area contributed by atoms with Gasteiger partial charge in [0.05, 0.1) is 5.69 Å². The van der Waals surface area contributed by atoms with Gasteiger partial charge in [0.1, 0.15) is 0 Å². The zero-order chi connectivity index (χ0) is 16.1. The molecule has 24 heavy (non-hydrogen) atoms. The molecule has 2 aromatic rings. The van der Waals surface area contributed by atoms with Gasteiger partial charge in [-0.1, -0.05) is 30.3 Å². The van der Waals surface area contributed by atoms with Gasteiger partial charge < -0.3 is 10.1 Å². The summed E-state index contributed by atoms with van der Waals surface area (Å²) in [5.41, 5.74) is 4.87. The van der Waals surface area contributed by atoms with Crippen molar-refractivity contribution >= 4 is 30.2 Å². The number of carbonyl (C=O) groups excluding carboxylic acids is 1. The second-order valence-electron chi connectivity index (χ2n) is 5.54. The van der Waals surface area contributed by atoms with Crippen LogP contribution in [0.2, 0.25) is 0 Å². The van der Waals surface area contributed by atoms with Crippen LogP contribution in [0.15, 0.2) is 47.5 Å². The van der Waals surface area contributed by atoms with Crippen molar-refractivity contribution in [3.05, 3.63) is 64.7 Å². The second-order valence-corrected chi connectivity index (χ2v) is 5.54. The fourth-order valence-corrected chi connectivity index (χ4v) is 2.77. The topological polar surface area (TPSA) is 50.7 Å². The van der Waals surface area contributed by atoms with Crippen LogP contribution in [0.4, 0.5) is 5.69 Å². The second kappa shape index (κ2) is 8.62. The van der Waals surface area contributed by atoms with Crippen molar-refractivity contribution in [3.8, 4) is 0 Å². The molecule has 0 aliphatic carbocycles. The zero-order valence-corrected chi connectivity index (χ0v) is 14.4. The van der Waals surface area contributed by atoms with Gasteiger partial charge in [-0.3, -0.25) is 9.79 Å². The average molecular weight is 345 g/mol. The lowest BCUT2D eigenvalue weighted by atomic mass is 9.95. The minimum Gasteiger partial charge on any atom is -0.385 e. The number of para-hydroxylation sites is 1. The third-order valence-electron chi connectivity index (χ3n) is 3.97. The first-order chi connectivity index (χ1) is 11.3. The maximum Gasteiger partial charge on any atom is 0.251 e. The molecule has 3 rings (SSSR count). The van der Waals surface area contributed by atoms with E-state index in [4.69, 9.17) is 4.74 Å². The molecule has 0 bridgehead atoms. The Hall–Kier alpha value is -2.17. The molecular weight excluding hydrogens is 324 g/mol. The third kappa shape index (κ3) is 4.02. The van der Waals surface area contributed by atoms with Gasteiger partial charge in [0.2, 0.25) is 0 Å². The Bertz CT molecular complexity index is 744. The highest BCUT2D eigenvalue weighted by Crippen LogP contribution is 2.28. The lowest BCUT2D eigenvalue weighted by Crippen LogP contribution is -2.26. The highest BCUT2D eigenvalue weighted by molar-refractivity contribution is 5.99. The van der Waals surface area contributed by atoms with Gasteiger partial charge in [-0.2, -0.15) is 0 Å². The Morgan fingerprint density at radius 3 is 2.88 bits per heavy atom. The highest BCUT2D eigenvalue weighted by Gasteiger charge is 2.17. The van der Waals surface area contributed by atoms with Crippen LogP contribution < -0.4 is 5.32 Å². The largest absolute Gasteiger partial charge is 0.385 e. The fraction of sp³-hybridized carbons (Fsp3) is 0.263. The molecule has 4 nitrogen and oxygen atoms in total. The molecule has 1 amide bonds. The van der Waals surface area contributed by atoms with Crippen LogP contribution in [0.3, 0.4) is 0 Å². The lowest BCUT2D eigenvalue weighted by molar-refractivity contribution is 0.0948. The van der Waals surface area contributed by atoms with E-state index >= 15 is 0 Å². The standard InChI is InChI=1S/C19H20N2O2.ClH/c1-23-11-5-10-20-19(22)16-8-4-7-15-13-21-18-9-3-2-6-14(18)12-17(15)16;/h2-4,6-9,13H,5,10-12H2,1H3,(H,20,22);1H. The number of hydrogen-bond donors (Lipinski definition) is 1. The predicted molar refractivity (Wildman–Crippen MR) is 99.0 cm³/mol. The Morgan fingerprint density at radius 1 is 1.21 bits per heavy atom. The molecule has 0 atom stereocenters. The number of methoxy groups -OCH3 is 1. The number of rotatable bonds is 5. The van der Waals surface area contributed by atoms with Crippen molar-refractivity contribution < 1.29 is 9.53 Å². The predicted octanol–water partition coefficient (Wildman–Crippen LogP) is 3.53. The van der Waals surface area contributed by atoms with Crippen molar-refractivity contribution in [2.75, 3.05) is 20.3 Å². The average Bonchev–Trinajstić information content (AvgIpc) is 2.77. The summed E-state index contributed by atoms with van der Waals surface area (Å²) in [5.74, 6) is -0.0364. The molecule has 1 heterocycles. The Labute approximate surface area is 148 Å². The summed E-state index contributed by atoms with van der Waals surface area (Å²) in [4.78, 5) is 17.0. The van der Waals surface area contributed by atoms with Crippen LogP contribution in [-0.4, -0.2) is 32.4 Å². The number of carbonyl (C=O) groups is 1. The smallest absolute Gasteiger partial charge is 0.251 e. The molecule has 0 saturated carbocycles. The molecule has 5 heteroatoms. The molecule has 0 unspecified atom stereocenters. The first-order valence-corrected chi connectivity index (χ1v) is 7.80. The minimum absolute atomic E-state index is 0. The Balaban J connectivity index is 0.00000208. The number of nitrogens with zero attached hydrogens (tertiary/aromatic N) is 1. The van der Waals surface area contributed by atoms with E-state index in [9.17, 15) is 4.79 Å². The van der Waals surface area contributed by atoms with E-state index in [1.807, 2.05) is 42.6 Å². The molecule has 1 aliphatic rings. The van der Waals surface area contributed by atoms with Crippen molar-refractivity contribution in [3.63, 3.8) is 0 Å². The van der Waals surface area contributed by atoms with Gasteiger partial charge in [0.15, 0.2) is 0 Å². The maximum atomic E-state index is 12.5. The fourth-order valence-electron chi connectivity index (χ4n) is 2.77. The van der Waals surface area contributed by atoms with Gasteiger partial charge in [0.25, 0.3) is 5.91 Å². The van der Waals surface area contributed by atoms with E-state index in [-0.39, 0.29) is 18.3 Å². The van der Waals surface area contributed by atoms with Crippen LogP contribution in [0.1, 0.15) is 33.5 Å². The van der Waals surface area contributed by atoms with Crippen molar-refractivity contribution in [1.29, 1.82) is 0 Å². The van der Waals surface area contributed by atoms with Gasteiger partial charge >= 0.3 is 0 Å². The summed E-state index contributed by atoms with van der Waals surface area (Å²) in [6, 6.07) is 13.9. The number of ether oxygens (including phenoxy) is 1. The number of halogens is 1. The highest BCUT2D eigenvalue weighted by atomic mass is 35.5. The first kappa shape index (κ1) is 18.2. The third-order valence-corrected chi connectivity index (χ3v) is 3.97. The molecular formula is C19H21ClN2O2. The Morgan fingerprint density at radius 2 is 2.04 bits per heavy atom. The molecule has 2 aromatic carbocycles. The molecule has 1 N–H and O–H groups in total. The van der Waals surface area contributed by atoms with Gasteiger partial charge in [0, 0.05) is 38.5 Å². The number of hydrogen-bond acceptors (Lipinski definition) is 3. The molecule has 0 aromatic heterocycles. The number of nitrogens with one attached hydrogen (secondary N) is 1. The minimum atomic E-state index is -0.0364. The van der Waals surface area contributed by atoms with Crippen LogP contribution >= 0.6 is 12.4 Å². The monoisotopic (exact) mass is 344 g/mol. The number of benzene rings is 2. The van der Waals surface area contributed by atoms with E-state index in [1.165, 1.54) is 0 Å². The van der Waals surface area contributed by atoms with Crippen LogP contribution in [0, 0.1) is 0 Å². The van der Waals surface area contributed by atoms with Crippen molar-refractivity contribution in [1.82, 2.24) is 5.32 Å². The molecule has 0 fully saturated rings. The molecule has 0 radical (unpaired) electrons. The SMILES string of the molecule is COCCCNC(=O)c1cccc2c1Cc1ccccc1N=C2.Cl. The summed E-state index contributed by atoms with van der Waals surface area (Å²) in [6.07, 6.45) is 3.37. The van der Waals surface area contributed by atoms with E-state index < -0.39 is 0 Å². The maximum absolute atomic E-state index is 12.5. The number of fused-ring (bicyclic) bond motifs is 2. The summed E-state index contributed by atoms with van der Waals surface area (Å²) in [5, 5.41) is 2.96. The quantitative estimate of drug-likeness (QED) is 0.720. The summed E-state index contributed by atoms with van der Waals surface area (Å²) in [6.45, 7) is 1.26. The van der Waals surface area contributed by atoms with Gasteiger partial charge in [-0.25, -0.2) is 0 Å². The number of aliphatic imine (C=N–C) groups is 1. The van der Waals surface area contributed by atoms with Gasteiger partial charge in [-0.15, -0.1) is 12.4 Å². The van der Waals surface area contributed by atoms with Crippen LogP contribution in [-0.2, 0) is 11.2 Å². The van der Waals surface area contributed by atoms with E-state index in [2.05, 4.69) is 16.4 Å². The van der Waals surface area contributed by atoms with Gasteiger partial charge in [-0.05, 0) is 35.2 Å². The van der Waals surface area contributed by atoms with Crippen molar-refractivity contribution in [2.24, 2.45) is 4.99 Å². The van der Waals surface area contributed by atoms with E-state index in [0.717, 1.165) is 34.4 Å². The zero-order valence-electron chi connectivity index (χ0n) is 13.6. The van der Waals surface area contributed by atoms with E-state index in [1.54, 1.807) is 7.11 Å². The summed E-state index contributed by atoms with van der Waals surface area (Å²) < 4.78 is 5.01. The first-order valence-electron chi connectivity index (χ1n) is 7.80. The van der Waals surface area contributed by atoms with Crippen LogP contribution in [0.25, 0.3) is 0 Å². The molecule has 126 valence electrons. The normalized spacial score (nSPS) is 11.7.